The van der Waals surface area contributed by atoms with Crippen molar-refractivity contribution in [1.82, 2.24) is 40.8 Å². The number of likely N-dealkylation sites (N-methyl/N-ethyl adjacent to an activating group) is 1. The van der Waals surface area contributed by atoms with Crippen molar-refractivity contribution in [2.45, 2.75) is 16.6 Å². The maximum Gasteiger partial charge on any atom is 0.352 e. The van der Waals surface area contributed by atoms with E-state index in [1.54, 1.807) is 0 Å². The number of nitrogens with one attached hydrogen (secondary N) is 2. The van der Waals surface area contributed by atoms with Crippen LogP contribution < -0.4 is 22.2 Å². The Kier molecular flexibility index (Phi) is 7.78. The highest BCUT2D eigenvalue weighted by molar-refractivity contribution is 8.01. The molecule has 7 N–H and O–H groups in total. The fourth-order valence-electron chi connectivity index (χ4n) is 3.26. The summed E-state index contributed by atoms with van der Waals surface area (Å²) >= 11 is 3.46. The van der Waals surface area contributed by atoms with Gasteiger partial charge in [-0.05, 0) is 16.0 Å². The smallest absolute Gasteiger partial charge is 0.352 e. The zero-order valence-electron chi connectivity index (χ0n) is 18.9. The first-order chi connectivity index (χ1) is 17.7. The van der Waals surface area contributed by atoms with Crippen LogP contribution in [0.25, 0.3) is 0 Å². The lowest BCUT2D eigenvalue weighted by Crippen LogP contribution is -2.71. The van der Waals surface area contributed by atoms with E-state index in [4.69, 9.17) is 16.4 Å². The molecular weight excluding hydrogens is 550 g/mol. The molecule has 0 spiro atoms. The number of fused-ring (bicyclic) bond motifs is 1. The van der Waals surface area contributed by atoms with Crippen LogP contribution in [0.3, 0.4) is 0 Å². The lowest BCUT2D eigenvalue weighted by atomic mass is 10.0. The molecule has 37 heavy (non-hydrogen) atoms. The molecule has 0 aliphatic carbocycles. The van der Waals surface area contributed by atoms with Crippen molar-refractivity contribution in [3.8, 4) is 0 Å². The molecule has 0 unspecified atom stereocenters. The summed E-state index contributed by atoms with van der Waals surface area (Å²) in [6.45, 7) is -0.453. The summed E-state index contributed by atoms with van der Waals surface area (Å²) in [4.78, 5) is 60.5. The molecule has 20 heteroatoms. The predicted octanol–water partition coefficient (Wildman–Crippen LogP) is -2.58. The zero-order valence-corrected chi connectivity index (χ0v) is 21.3. The summed E-state index contributed by atoms with van der Waals surface area (Å²) in [5.74, 6) is 2.87. The van der Waals surface area contributed by atoms with Crippen molar-refractivity contribution in [2.75, 3.05) is 36.7 Å². The molecule has 0 aromatic carbocycles. The highest BCUT2D eigenvalue weighted by Crippen LogP contribution is 2.41. The number of hydrogen-bond acceptors (Lipinski definition) is 15. The highest BCUT2D eigenvalue weighted by Gasteiger charge is 2.54. The van der Waals surface area contributed by atoms with Crippen LogP contribution in [-0.2, 0) is 24.0 Å². The second kappa shape index (κ2) is 11.0. The number of aliphatic carboxylic acids is 1. The number of oxime groups is 1. The lowest BCUT2D eigenvalue weighted by molar-refractivity contribution is -0.150. The molecular formula is C17H19N11O6S3. The first-order valence-electron chi connectivity index (χ1n) is 10.2. The van der Waals surface area contributed by atoms with Gasteiger partial charge in [0, 0.05) is 23.9 Å². The predicted molar refractivity (Wildman–Crippen MR) is 131 cm³/mol. The van der Waals surface area contributed by atoms with E-state index < -0.39 is 41.7 Å². The number of thioether (sulfide) groups is 2. The monoisotopic (exact) mass is 569 g/mol. The Morgan fingerprint density at radius 1 is 1.41 bits per heavy atom. The van der Waals surface area contributed by atoms with E-state index in [9.17, 15) is 24.3 Å². The number of rotatable bonds is 10. The number of nitrogens with zero attached hydrogens (tertiary/aromatic N) is 7. The second-order valence-electron chi connectivity index (χ2n) is 7.27. The maximum atomic E-state index is 13.0. The number of nitrogens with two attached hydrogens (primary N) is 2. The fourth-order valence-corrected chi connectivity index (χ4v) is 6.09. The van der Waals surface area contributed by atoms with E-state index >= 15 is 0 Å². The number of thiazole rings is 1. The minimum atomic E-state index is -1.28. The quantitative estimate of drug-likeness (QED) is 0.0649. The van der Waals surface area contributed by atoms with Crippen LogP contribution in [0.5, 0.6) is 0 Å². The fraction of sp³-hybridized carbons (Fsp3) is 0.353. The molecule has 2 aromatic rings. The van der Waals surface area contributed by atoms with Gasteiger partial charge < -0.3 is 32.2 Å². The highest BCUT2D eigenvalue weighted by atomic mass is 32.2. The molecule has 4 heterocycles. The molecule has 3 amide bonds. The summed E-state index contributed by atoms with van der Waals surface area (Å²) in [7, 11) is 1.41. The van der Waals surface area contributed by atoms with Crippen LogP contribution in [-0.4, -0.2) is 101 Å². The standard InChI is InChI=1S/C17H19N11O6S3/c1-20-8(29)2-34-24-9(7-5-36-16(18)21-7)12(30)22-10-13(31)27-11(15(32)33)6(3-35-14(10)27)4-37-17-23-25-26-28(17)19/h5,10,14H,2-4,19H2,1H3,(H2,18,21)(H,20,29)(H,22,30)(H,32,33)/b24-9-/t10-,14+/m1/s1. The van der Waals surface area contributed by atoms with Gasteiger partial charge in [-0.15, -0.1) is 27.9 Å². The van der Waals surface area contributed by atoms with Gasteiger partial charge in [0.25, 0.3) is 17.7 Å². The van der Waals surface area contributed by atoms with E-state index in [1.807, 2.05) is 0 Å². The third-order valence-electron chi connectivity index (χ3n) is 4.98. The van der Waals surface area contributed by atoms with E-state index in [-0.39, 0.29) is 38.9 Å². The number of anilines is 1. The Hall–Kier alpha value is -3.91. The summed E-state index contributed by atoms with van der Waals surface area (Å²) in [5.41, 5.74) is 5.75. The Labute approximate surface area is 220 Å². The molecule has 2 aliphatic heterocycles. The number of aromatic nitrogens is 5. The average Bonchev–Trinajstić information content (AvgIpc) is 3.50. The summed E-state index contributed by atoms with van der Waals surface area (Å²) in [5, 5.41) is 30.3. The number of tetrazole rings is 1. The molecule has 1 fully saturated rings. The van der Waals surface area contributed by atoms with E-state index in [0.29, 0.717) is 5.57 Å². The second-order valence-corrected chi connectivity index (χ2v) is 10.2. The number of nitrogen functional groups attached to an aromatic ring is 2. The van der Waals surface area contributed by atoms with Crippen LogP contribution in [0.1, 0.15) is 5.69 Å². The third kappa shape index (κ3) is 5.44. The summed E-state index contributed by atoms with van der Waals surface area (Å²) in [6, 6.07) is -1.03. The molecule has 4 rings (SSSR count). The van der Waals surface area contributed by atoms with E-state index in [0.717, 1.165) is 32.8 Å². The first kappa shape index (κ1) is 26.2. The van der Waals surface area contributed by atoms with Gasteiger partial charge in [-0.25, -0.2) is 9.78 Å². The summed E-state index contributed by atoms with van der Waals surface area (Å²) in [6.07, 6.45) is 0. The molecule has 0 saturated carbocycles. The van der Waals surface area contributed by atoms with E-state index in [1.165, 1.54) is 24.2 Å². The molecule has 0 radical (unpaired) electrons. The number of carboxylic acid groups (broad SMARTS) is 1. The molecule has 1 saturated heterocycles. The van der Waals surface area contributed by atoms with Crippen LogP contribution in [0.2, 0.25) is 0 Å². The third-order valence-corrected chi connectivity index (χ3v) is 8.02. The van der Waals surface area contributed by atoms with Gasteiger partial charge in [0.2, 0.25) is 5.16 Å². The van der Waals surface area contributed by atoms with E-state index in [2.05, 4.69) is 36.3 Å². The van der Waals surface area contributed by atoms with Crippen molar-refractivity contribution in [3.05, 3.63) is 22.3 Å². The van der Waals surface area contributed by atoms with Crippen molar-refractivity contribution in [3.63, 3.8) is 0 Å². The lowest BCUT2D eigenvalue weighted by Gasteiger charge is -2.49. The van der Waals surface area contributed by atoms with Crippen LogP contribution in [0, 0.1) is 0 Å². The largest absolute Gasteiger partial charge is 0.477 e. The van der Waals surface area contributed by atoms with Crippen molar-refractivity contribution in [1.29, 1.82) is 0 Å². The molecule has 17 nitrogen and oxygen atoms in total. The van der Waals surface area contributed by atoms with Gasteiger partial charge in [-0.3, -0.25) is 19.3 Å². The Balaban J connectivity index is 1.49. The molecule has 2 aromatic heterocycles. The number of amides is 3. The number of carboxylic acids is 1. The maximum absolute atomic E-state index is 13.0. The van der Waals surface area contributed by atoms with Crippen LogP contribution >= 0.6 is 34.9 Å². The Morgan fingerprint density at radius 3 is 2.81 bits per heavy atom. The van der Waals surface area contributed by atoms with Gasteiger partial charge in [-0.2, -0.15) is 0 Å². The van der Waals surface area contributed by atoms with Gasteiger partial charge in [0.1, 0.15) is 22.8 Å². The van der Waals surface area contributed by atoms with Crippen molar-refractivity contribution in [2.24, 2.45) is 5.16 Å². The number of carbonyl (C=O) groups excluding carboxylic acids is 3. The van der Waals surface area contributed by atoms with Gasteiger partial charge in [0.05, 0.1) is 0 Å². The van der Waals surface area contributed by atoms with Crippen molar-refractivity contribution < 1.29 is 29.1 Å². The average molecular weight is 570 g/mol. The SMILES string of the molecule is CNC(=O)CO/N=C(\C(=O)N[C@@H]1C(=O)N2C(C(=O)O)=C(CSc3nnnn3N)CS[C@@H]12)c1csc(N)n1. The molecule has 196 valence electrons. The van der Waals surface area contributed by atoms with Crippen molar-refractivity contribution >= 4 is 69.4 Å². The number of β-lactam (4-membered cyclic amide) rings is 1. The molecule has 2 aliphatic rings. The first-order valence-corrected chi connectivity index (χ1v) is 13.1. The Bertz CT molecular complexity index is 1310. The zero-order chi connectivity index (χ0) is 26.7. The molecule has 2 atom stereocenters. The minimum Gasteiger partial charge on any atom is -0.477 e. The van der Waals surface area contributed by atoms with Gasteiger partial charge in [-0.1, -0.05) is 22.0 Å². The topological polar surface area (TPSA) is 246 Å². The van der Waals surface area contributed by atoms with Crippen LogP contribution in [0.4, 0.5) is 5.13 Å². The Morgan fingerprint density at radius 2 is 2.19 bits per heavy atom. The summed E-state index contributed by atoms with van der Waals surface area (Å²) < 4.78 is 0. The van der Waals surface area contributed by atoms with Gasteiger partial charge in [0.15, 0.2) is 17.5 Å². The number of hydrogen-bond donors (Lipinski definition) is 5. The normalized spacial score (nSPS) is 19.2. The molecule has 0 bridgehead atoms. The number of carbonyl (C=O) groups is 4. The minimum absolute atomic E-state index is 0.0875. The van der Waals surface area contributed by atoms with Crippen LogP contribution in [0.15, 0.2) is 27.0 Å². The van der Waals surface area contributed by atoms with Gasteiger partial charge >= 0.3 is 5.97 Å².